The highest BCUT2D eigenvalue weighted by molar-refractivity contribution is 8.07. The third kappa shape index (κ3) is 6.93. The lowest BCUT2D eigenvalue weighted by Gasteiger charge is -2.31. The molecule has 0 amide bonds. The SMILES string of the molecule is CC(C)(C)C[C@H]1O[C@@H](n2ccc(=O)[nH]c2=O)C[C@@H]1OP(O)(=S)OC(C)(C)C. The molecule has 1 aromatic rings. The Morgan fingerprint density at radius 2 is 1.96 bits per heavy atom. The molecule has 0 aliphatic carbocycles. The van der Waals surface area contributed by atoms with E-state index >= 15 is 0 Å². The summed E-state index contributed by atoms with van der Waals surface area (Å²) in [6, 6.07) is 1.26. The molecule has 0 aromatic carbocycles. The molecule has 0 bridgehead atoms. The summed E-state index contributed by atoms with van der Waals surface area (Å²) in [4.78, 5) is 36.1. The molecule has 2 N–H and O–H groups in total. The van der Waals surface area contributed by atoms with Gasteiger partial charge < -0.3 is 18.7 Å². The van der Waals surface area contributed by atoms with Crippen LogP contribution in [-0.2, 0) is 25.6 Å². The third-order valence-electron chi connectivity index (χ3n) is 3.81. The Hall–Kier alpha value is -0.830. The molecule has 1 aliphatic heterocycles. The van der Waals surface area contributed by atoms with E-state index in [1.807, 2.05) is 0 Å². The maximum atomic E-state index is 12.1. The lowest BCUT2D eigenvalue weighted by molar-refractivity contribution is -0.0388. The van der Waals surface area contributed by atoms with E-state index in [-0.39, 0.29) is 11.5 Å². The second-order valence-electron chi connectivity index (χ2n) is 8.96. The van der Waals surface area contributed by atoms with Gasteiger partial charge in [-0.05, 0) is 44.4 Å². The Kier molecular flexibility index (Phi) is 6.56. The summed E-state index contributed by atoms with van der Waals surface area (Å²) in [5.74, 6) is 0. The standard InChI is InChI=1S/C17H29N2O6PS/c1-16(2,3)10-12-11(24-26(22,27)25-17(4,5)6)9-14(23-12)19-8-7-13(20)18-15(19)21/h7-8,11-12,14H,9-10H2,1-6H3,(H,22,27)(H,18,20,21)/t11-,12+,14+,26?/m0/s1. The van der Waals surface area contributed by atoms with Crippen LogP contribution in [0.1, 0.15) is 60.6 Å². The first-order chi connectivity index (χ1) is 12.2. The van der Waals surface area contributed by atoms with Crippen molar-refractivity contribution in [3.05, 3.63) is 33.1 Å². The molecule has 1 saturated heterocycles. The maximum Gasteiger partial charge on any atom is 0.330 e. The van der Waals surface area contributed by atoms with Crippen molar-refractivity contribution in [2.45, 2.75) is 78.4 Å². The number of hydrogen-bond acceptors (Lipinski definition) is 6. The minimum atomic E-state index is -3.50. The summed E-state index contributed by atoms with van der Waals surface area (Å²) >= 11 is 5.17. The molecule has 4 atom stereocenters. The molecule has 8 nitrogen and oxygen atoms in total. The van der Waals surface area contributed by atoms with Gasteiger partial charge in [-0.25, -0.2) is 4.79 Å². The minimum Gasteiger partial charge on any atom is -0.352 e. The summed E-state index contributed by atoms with van der Waals surface area (Å²) in [6.07, 6.45) is 0.786. The van der Waals surface area contributed by atoms with Gasteiger partial charge in [-0.3, -0.25) is 14.3 Å². The normalized spacial score (nSPS) is 26.1. The van der Waals surface area contributed by atoms with E-state index in [4.69, 9.17) is 25.6 Å². The predicted octanol–water partition coefficient (Wildman–Crippen LogP) is 2.68. The largest absolute Gasteiger partial charge is 0.352 e. The maximum absolute atomic E-state index is 12.1. The van der Waals surface area contributed by atoms with Crippen molar-refractivity contribution in [2.75, 3.05) is 0 Å². The Morgan fingerprint density at radius 1 is 1.33 bits per heavy atom. The fraction of sp³-hybridized carbons (Fsp3) is 0.765. The van der Waals surface area contributed by atoms with Gasteiger partial charge >= 0.3 is 12.4 Å². The Bertz CT molecular complexity index is 822. The average molecular weight is 420 g/mol. The molecule has 1 unspecified atom stereocenters. The molecule has 10 heteroatoms. The van der Waals surface area contributed by atoms with E-state index in [0.717, 1.165) is 0 Å². The monoisotopic (exact) mass is 420 g/mol. The molecule has 1 aromatic heterocycles. The number of hydrogen-bond donors (Lipinski definition) is 2. The predicted molar refractivity (Wildman–Crippen MR) is 106 cm³/mol. The van der Waals surface area contributed by atoms with Gasteiger partial charge in [-0.2, -0.15) is 0 Å². The van der Waals surface area contributed by atoms with E-state index in [2.05, 4.69) is 25.8 Å². The van der Waals surface area contributed by atoms with E-state index in [0.29, 0.717) is 12.8 Å². The summed E-state index contributed by atoms with van der Waals surface area (Å²) in [7, 11) is 0. The zero-order chi connectivity index (χ0) is 20.6. The van der Waals surface area contributed by atoms with Crippen LogP contribution in [0.4, 0.5) is 0 Å². The smallest absolute Gasteiger partial charge is 0.330 e. The van der Waals surface area contributed by atoms with Gasteiger partial charge in [0.1, 0.15) is 6.23 Å². The quantitative estimate of drug-likeness (QED) is 0.706. The van der Waals surface area contributed by atoms with Gasteiger partial charge in [-0.1, -0.05) is 20.8 Å². The van der Waals surface area contributed by atoms with Crippen LogP contribution < -0.4 is 11.2 Å². The molecule has 1 aliphatic rings. The number of ether oxygens (including phenoxy) is 1. The highest BCUT2D eigenvalue weighted by Crippen LogP contribution is 2.52. The summed E-state index contributed by atoms with van der Waals surface area (Å²) < 4.78 is 18.7. The molecule has 27 heavy (non-hydrogen) atoms. The topological polar surface area (TPSA) is 103 Å². The van der Waals surface area contributed by atoms with Crippen LogP contribution in [0, 0.1) is 5.41 Å². The zero-order valence-electron chi connectivity index (χ0n) is 16.6. The number of aromatic amines is 1. The van der Waals surface area contributed by atoms with Crippen molar-refractivity contribution in [2.24, 2.45) is 5.41 Å². The molecular formula is C17H29N2O6PS. The fourth-order valence-electron chi connectivity index (χ4n) is 2.96. The second-order valence-corrected chi connectivity index (χ2v) is 11.7. The summed E-state index contributed by atoms with van der Waals surface area (Å²) in [5.41, 5.74) is -1.76. The molecule has 2 heterocycles. The number of rotatable bonds is 5. The van der Waals surface area contributed by atoms with E-state index in [1.165, 1.54) is 16.8 Å². The van der Waals surface area contributed by atoms with Crippen LogP contribution in [0.5, 0.6) is 0 Å². The fourth-order valence-corrected chi connectivity index (χ4v) is 5.26. The van der Waals surface area contributed by atoms with Crippen molar-refractivity contribution >= 4 is 18.5 Å². The Balaban J connectivity index is 2.26. The number of aromatic nitrogens is 2. The van der Waals surface area contributed by atoms with E-state index in [1.54, 1.807) is 20.8 Å². The lowest BCUT2D eigenvalue weighted by Crippen LogP contribution is -2.31. The number of nitrogens with zero attached hydrogens (tertiary/aromatic N) is 1. The number of nitrogens with one attached hydrogen (secondary N) is 1. The van der Waals surface area contributed by atoms with Crippen LogP contribution in [0.15, 0.2) is 21.9 Å². The van der Waals surface area contributed by atoms with Gasteiger partial charge in [-0.15, -0.1) is 0 Å². The first-order valence-corrected chi connectivity index (χ1v) is 11.4. The van der Waals surface area contributed by atoms with Gasteiger partial charge in [0.2, 0.25) is 0 Å². The molecular weight excluding hydrogens is 391 g/mol. The van der Waals surface area contributed by atoms with E-state index in [9.17, 15) is 14.5 Å². The lowest BCUT2D eigenvalue weighted by atomic mass is 9.87. The van der Waals surface area contributed by atoms with Crippen molar-refractivity contribution in [3.8, 4) is 0 Å². The average Bonchev–Trinajstić information content (AvgIpc) is 2.75. The van der Waals surface area contributed by atoms with Crippen molar-refractivity contribution in [1.29, 1.82) is 0 Å². The molecule has 2 rings (SSSR count). The van der Waals surface area contributed by atoms with Crippen molar-refractivity contribution in [3.63, 3.8) is 0 Å². The Morgan fingerprint density at radius 3 is 2.48 bits per heavy atom. The van der Waals surface area contributed by atoms with Crippen LogP contribution >= 0.6 is 6.72 Å². The van der Waals surface area contributed by atoms with Gasteiger partial charge in [0.05, 0.1) is 17.8 Å². The van der Waals surface area contributed by atoms with Gasteiger partial charge in [0.25, 0.3) is 5.56 Å². The Labute approximate surface area is 164 Å². The van der Waals surface area contributed by atoms with Crippen LogP contribution in [0.25, 0.3) is 0 Å². The van der Waals surface area contributed by atoms with Gasteiger partial charge in [0.15, 0.2) is 0 Å². The van der Waals surface area contributed by atoms with E-state index < -0.39 is 35.9 Å². The highest BCUT2D eigenvalue weighted by atomic mass is 32.5. The van der Waals surface area contributed by atoms with Crippen LogP contribution in [0.2, 0.25) is 0 Å². The molecule has 1 fully saturated rings. The van der Waals surface area contributed by atoms with Crippen molar-refractivity contribution in [1.82, 2.24) is 9.55 Å². The molecule has 0 saturated carbocycles. The third-order valence-corrected chi connectivity index (χ3v) is 5.61. The molecule has 0 spiro atoms. The van der Waals surface area contributed by atoms with Gasteiger partial charge in [0, 0.05) is 18.7 Å². The zero-order valence-corrected chi connectivity index (χ0v) is 18.3. The second kappa shape index (κ2) is 7.89. The molecule has 0 radical (unpaired) electrons. The summed E-state index contributed by atoms with van der Waals surface area (Å²) in [5, 5.41) is 0. The molecule has 154 valence electrons. The minimum absolute atomic E-state index is 0.0694. The first-order valence-electron chi connectivity index (χ1n) is 8.84. The van der Waals surface area contributed by atoms with Crippen LogP contribution in [-0.4, -0.2) is 32.3 Å². The summed E-state index contributed by atoms with van der Waals surface area (Å²) in [6.45, 7) is 8.05. The van der Waals surface area contributed by atoms with Crippen molar-refractivity contribution < 1.29 is 18.7 Å². The van der Waals surface area contributed by atoms with Crippen LogP contribution in [0.3, 0.4) is 0 Å². The first kappa shape index (κ1) is 22.5. The number of H-pyrrole nitrogens is 1. The highest BCUT2D eigenvalue weighted by Gasteiger charge is 2.42.